The van der Waals surface area contributed by atoms with Gasteiger partial charge in [0.15, 0.2) is 0 Å². The van der Waals surface area contributed by atoms with Gasteiger partial charge in [0.2, 0.25) is 6.23 Å². The fourth-order valence-corrected chi connectivity index (χ4v) is 3.98. The first kappa shape index (κ1) is 17.6. The number of hydrazone groups is 1. The zero-order valence-corrected chi connectivity index (χ0v) is 16.4. The highest BCUT2D eigenvalue weighted by atomic mass is 16.5. The Kier molecular flexibility index (Phi) is 4.35. The minimum absolute atomic E-state index is 0.143. The molecule has 2 heterocycles. The van der Waals surface area contributed by atoms with Gasteiger partial charge in [-0.25, -0.2) is 5.01 Å². The molecule has 0 radical (unpaired) electrons. The van der Waals surface area contributed by atoms with Crippen LogP contribution in [0.4, 0.5) is 0 Å². The van der Waals surface area contributed by atoms with Crippen LogP contribution in [-0.2, 0) is 0 Å². The third-order valence-corrected chi connectivity index (χ3v) is 5.52. The third kappa shape index (κ3) is 3.09. The van der Waals surface area contributed by atoms with Gasteiger partial charge in [0.05, 0.1) is 26.0 Å². The Morgan fingerprint density at radius 3 is 2.21 bits per heavy atom. The SMILES string of the molecule is COc1ccc(C2=NN3C(C2)c2ccccc2OC3c2ccc(OC)cc2)cc1. The molecule has 0 amide bonds. The van der Waals surface area contributed by atoms with E-state index in [1.807, 2.05) is 48.5 Å². The maximum Gasteiger partial charge on any atom is 0.213 e. The second-order valence-electron chi connectivity index (χ2n) is 7.16. The second-order valence-corrected chi connectivity index (χ2v) is 7.16. The molecule has 3 aromatic rings. The molecule has 0 N–H and O–H groups in total. The summed E-state index contributed by atoms with van der Waals surface area (Å²) in [5, 5.41) is 7.08. The molecule has 0 aliphatic carbocycles. The summed E-state index contributed by atoms with van der Waals surface area (Å²) in [5.74, 6) is 2.58. The van der Waals surface area contributed by atoms with Crippen molar-refractivity contribution in [1.82, 2.24) is 5.01 Å². The number of rotatable bonds is 4. The van der Waals surface area contributed by atoms with Gasteiger partial charge in [0.1, 0.15) is 17.2 Å². The van der Waals surface area contributed by atoms with Gasteiger partial charge in [0, 0.05) is 17.5 Å². The molecule has 3 aromatic carbocycles. The number of benzene rings is 3. The summed E-state index contributed by atoms with van der Waals surface area (Å²) >= 11 is 0. The van der Waals surface area contributed by atoms with Gasteiger partial charge in [-0.15, -0.1) is 0 Å². The fraction of sp³-hybridized carbons (Fsp3) is 0.208. The van der Waals surface area contributed by atoms with Crippen molar-refractivity contribution in [3.63, 3.8) is 0 Å². The second kappa shape index (κ2) is 7.17. The molecule has 0 saturated carbocycles. The van der Waals surface area contributed by atoms with Crippen molar-refractivity contribution in [2.75, 3.05) is 14.2 Å². The van der Waals surface area contributed by atoms with Crippen LogP contribution in [-0.4, -0.2) is 24.9 Å². The number of para-hydroxylation sites is 1. The maximum absolute atomic E-state index is 6.38. The number of hydrogen-bond donors (Lipinski definition) is 0. The van der Waals surface area contributed by atoms with Crippen molar-refractivity contribution >= 4 is 5.71 Å². The monoisotopic (exact) mass is 386 g/mol. The molecule has 5 nitrogen and oxygen atoms in total. The van der Waals surface area contributed by atoms with E-state index in [1.165, 1.54) is 5.56 Å². The van der Waals surface area contributed by atoms with Crippen molar-refractivity contribution in [3.05, 3.63) is 89.5 Å². The number of methoxy groups -OCH3 is 2. The molecule has 29 heavy (non-hydrogen) atoms. The first-order chi connectivity index (χ1) is 14.3. The Balaban J connectivity index is 1.54. The van der Waals surface area contributed by atoms with Crippen molar-refractivity contribution in [1.29, 1.82) is 0 Å². The molecule has 2 aliphatic rings. The Bertz CT molecular complexity index is 1040. The Labute approximate surface area is 170 Å². The van der Waals surface area contributed by atoms with E-state index in [0.29, 0.717) is 0 Å². The van der Waals surface area contributed by atoms with E-state index in [4.69, 9.17) is 19.3 Å². The van der Waals surface area contributed by atoms with Crippen molar-refractivity contribution < 1.29 is 14.2 Å². The van der Waals surface area contributed by atoms with Crippen LogP contribution in [0.25, 0.3) is 0 Å². The molecule has 5 heteroatoms. The van der Waals surface area contributed by atoms with Crippen LogP contribution < -0.4 is 14.2 Å². The van der Waals surface area contributed by atoms with Crippen LogP contribution >= 0.6 is 0 Å². The van der Waals surface area contributed by atoms with Gasteiger partial charge in [-0.1, -0.05) is 18.2 Å². The highest BCUT2D eigenvalue weighted by Gasteiger charge is 2.40. The van der Waals surface area contributed by atoms with Crippen LogP contribution in [0.2, 0.25) is 0 Å². The maximum atomic E-state index is 6.38. The highest BCUT2D eigenvalue weighted by Crippen LogP contribution is 2.47. The van der Waals surface area contributed by atoms with Crippen LogP contribution in [0, 0.1) is 0 Å². The molecule has 0 bridgehead atoms. The fourth-order valence-electron chi connectivity index (χ4n) is 3.98. The lowest BCUT2D eigenvalue weighted by atomic mass is 9.96. The molecular weight excluding hydrogens is 364 g/mol. The Morgan fingerprint density at radius 2 is 1.52 bits per heavy atom. The number of ether oxygens (including phenoxy) is 3. The summed E-state index contributed by atoms with van der Waals surface area (Å²) in [5.41, 5.74) is 4.37. The first-order valence-electron chi connectivity index (χ1n) is 9.66. The summed E-state index contributed by atoms with van der Waals surface area (Å²) in [6.45, 7) is 0. The van der Waals surface area contributed by atoms with E-state index in [9.17, 15) is 0 Å². The number of nitrogens with zero attached hydrogens (tertiary/aromatic N) is 2. The third-order valence-electron chi connectivity index (χ3n) is 5.52. The summed E-state index contributed by atoms with van der Waals surface area (Å²) in [4.78, 5) is 0. The molecule has 0 fully saturated rings. The van der Waals surface area contributed by atoms with Crippen LogP contribution in [0.5, 0.6) is 17.2 Å². The molecule has 2 aliphatic heterocycles. The largest absolute Gasteiger partial charge is 0.497 e. The normalized spacial score (nSPS) is 19.7. The van der Waals surface area contributed by atoms with Gasteiger partial charge < -0.3 is 14.2 Å². The minimum Gasteiger partial charge on any atom is -0.497 e. The van der Waals surface area contributed by atoms with Gasteiger partial charge in [-0.2, -0.15) is 5.10 Å². The van der Waals surface area contributed by atoms with E-state index >= 15 is 0 Å². The molecule has 146 valence electrons. The number of fused-ring (bicyclic) bond motifs is 3. The van der Waals surface area contributed by atoms with E-state index < -0.39 is 0 Å². The summed E-state index contributed by atoms with van der Waals surface area (Å²) in [7, 11) is 3.35. The standard InChI is InChI=1S/C24H22N2O3/c1-27-18-11-7-16(8-12-18)21-15-22-20-5-3-4-6-23(20)29-24(26(22)25-21)17-9-13-19(28-2)14-10-17/h3-14,22,24H,15H2,1-2H3. The molecule has 0 saturated heterocycles. The van der Waals surface area contributed by atoms with Crippen LogP contribution in [0.15, 0.2) is 77.9 Å². The Morgan fingerprint density at radius 1 is 0.862 bits per heavy atom. The minimum atomic E-state index is -0.281. The van der Waals surface area contributed by atoms with Gasteiger partial charge in [0.25, 0.3) is 0 Å². The molecular formula is C24H22N2O3. The summed E-state index contributed by atoms with van der Waals surface area (Å²) < 4.78 is 17.0. The topological polar surface area (TPSA) is 43.3 Å². The zero-order chi connectivity index (χ0) is 19.8. The lowest BCUT2D eigenvalue weighted by Gasteiger charge is -2.38. The quantitative estimate of drug-likeness (QED) is 0.637. The predicted molar refractivity (Wildman–Crippen MR) is 112 cm³/mol. The van der Waals surface area contributed by atoms with E-state index in [0.717, 1.165) is 40.5 Å². The predicted octanol–water partition coefficient (Wildman–Crippen LogP) is 4.95. The average molecular weight is 386 g/mol. The van der Waals surface area contributed by atoms with Gasteiger partial charge in [-0.05, 0) is 60.2 Å². The van der Waals surface area contributed by atoms with E-state index in [1.54, 1.807) is 14.2 Å². The first-order valence-corrected chi connectivity index (χ1v) is 9.66. The van der Waals surface area contributed by atoms with Crippen molar-refractivity contribution in [2.24, 2.45) is 5.10 Å². The Hall–Kier alpha value is -3.47. The highest BCUT2D eigenvalue weighted by molar-refractivity contribution is 6.02. The smallest absolute Gasteiger partial charge is 0.213 e. The number of hydrogen-bond acceptors (Lipinski definition) is 5. The summed E-state index contributed by atoms with van der Waals surface area (Å²) in [6, 6.07) is 24.4. The van der Waals surface area contributed by atoms with Crippen molar-refractivity contribution in [3.8, 4) is 17.2 Å². The molecule has 0 spiro atoms. The van der Waals surface area contributed by atoms with E-state index in [2.05, 4.69) is 29.3 Å². The lowest BCUT2D eigenvalue weighted by molar-refractivity contribution is -0.0190. The van der Waals surface area contributed by atoms with Crippen LogP contribution in [0.1, 0.15) is 35.4 Å². The molecule has 5 rings (SSSR count). The lowest BCUT2D eigenvalue weighted by Crippen LogP contribution is -2.33. The average Bonchev–Trinajstić information content (AvgIpc) is 3.24. The van der Waals surface area contributed by atoms with Gasteiger partial charge in [-0.3, -0.25) is 0 Å². The zero-order valence-electron chi connectivity index (χ0n) is 16.4. The summed E-state index contributed by atoms with van der Waals surface area (Å²) in [6.07, 6.45) is 0.552. The van der Waals surface area contributed by atoms with Crippen molar-refractivity contribution in [2.45, 2.75) is 18.7 Å². The van der Waals surface area contributed by atoms with Gasteiger partial charge >= 0.3 is 0 Å². The van der Waals surface area contributed by atoms with E-state index in [-0.39, 0.29) is 12.3 Å². The molecule has 2 atom stereocenters. The van der Waals surface area contributed by atoms with Crippen LogP contribution in [0.3, 0.4) is 0 Å². The molecule has 2 unspecified atom stereocenters. The molecule has 0 aromatic heterocycles.